The molecule has 0 aromatic rings. The molecule has 0 bridgehead atoms. The average molecular weight is 196 g/mol. The van der Waals surface area contributed by atoms with E-state index in [0.29, 0.717) is 12.0 Å². The van der Waals surface area contributed by atoms with Crippen LogP contribution >= 0.6 is 0 Å². The maximum Gasteiger partial charge on any atom is 0.0229 e. The van der Waals surface area contributed by atoms with Gasteiger partial charge in [-0.1, -0.05) is 31.9 Å². The van der Waals surface area contributed by atoms with Crippen LogP contribution in [-0.4, -0.2) is 31.1 Å². The molecule has 2 heteroatoms. The molecule has 2 nitrogen and oxygen atoms in total. The summed E-state index contributed by atoms with van der Waals surface area (Å²) in [6, 6.07) is 0.309. The normalized spacial score (nSPS) is 26.3. The third-order valence-electron chi connectivity index (χ3n) is 2.89. The average Bonchev–Trinajstić information content (AvgIpc) is 2.52. The Labute approximate surface area is 88.2 Å². The summed E-state index contributed by atoms with van der Waals surface area (Å²) in [5.41, 5.74) is 5.82. The molecular weight excluding hydrogens is 172 g/mol. The van der Waals surface area contributed by atoms with Crippen LogP contribution in [0.4, 0.5) is 0 Å². The molecule has 0 spiro atoms. The fourth-order valence-electron chi connectivity index (χ4n) is 2.07. The van der Waals surface area contributed by atoms with E-state index in [1.807, 2.05) is 0 Å². The third kappa shape index (κ3) is 4.25. The summed E-state index contributed by atoms with van der Waals surface area (Å²) in [7, 11) is 2.22. The molecule has 0 saturated heterocycles. The Morgan fingerprint density at radius 3 is 2.71 bits per heavy atom. The molecule has 14 heavy (non-hydrogen) atoms. The smallest absolute Gasteiger partial charge is 0.0229 e. The lowest BCUT2D eigenvalue weighted by atomic mass is 10.1. The van der Waals surface area contributed by atoms with Gasteiger partial charge >= 0.3 is 0 Å². The summed E-state index contributed by atoms with van der Waals surface area (Å²) in [5, 5.41) is 0. The van der Waals surface area contributed by atoms with Gasteiger partial charge in [-0.05, 0) is 32.4 Å². The first-order valence-electron chi connectivity index (χ1n) is 5.84. The first-order chi connectivity index (χ1) is 6.72. The highest BCUT2D eigenvalue weighted by molar-refractivity contribution is 5.05. The highest BCUT2D eigenvalue weighted by Crippen LogP contribution is 2.17. The van der Waals surface area contributed by atoms with Gasteiger partial charge in [0.05, 0.1) is 0 Å². The van der Waals surface area contributed by atoms with Crippen molar-refractivity contribution in [3.05, 3.63) is 12.2 Å². The summed E-state index contributed by atoms with van der Waals surface area (Å²) < 4.78 is 0. The van der Waals surface area contributed by atoms with Gasteiger partial charge in [-0.15, -0.1) is 0 Å². The van der Waals surface area contributed by atoms with E-state index in [4.69, 9.17) is 5.73 Å². The molecule has 1 aliphatic rings. The topological polar surface area (TPSA) is 29.3 Å². The van der Waals surface area contributed by atoms with E-state index >= 15 is 0 Å². The fourth-order valence-corrected chi connectivity index (χ4v) is 2.07. The molecule has 2 unspecified atom stereocenters. The van der Waals surface area contributed by atoms with E-state index in [9.17, 15) is 0 Å². The molecule has 0 aromatic carbocycles. The largest absolute Gasteiger partial charge is 0.324 e. The molecule has 82 valence electrons. The minimum Gasteiger partial charge on any atom is -0.324 e. The number of nitrogens with two attached hydrogens (primary N) is 1. The van der Waals surface area contributed by atoms with Crippen molar-refractivity contribution in [1.29, 1.82) is 0 Å². The lowest BCUT2D eigenvalue weighted by molar-refractivity contribution is 0.289. The lowest BCUT2D eigenvalue weighted by Gasteiger charge is -2.20. The summed E-state index contributed by atoms with van der Waals surface area (Å²) in [5.74, 6) is 0.691. The summed E-state index contributed by atoms with van der Waals surface area (Å²) >= 11 is 0. The Balaban J connectivity index is 2.08. The second-order valence-corrected chi connectivity index (χ2v) is 4.51. The maximum atomic E-state index is 5.82. The first kappa shape index (κ1) is 11.7. The molecule has 0 radical (unpaired) electrons. The van der Waals surface area contributed by atoms with Gasteiger partial charge in [-0.2, -0.15) is 0 Å². The van der Waals surface area contributed by atoms with Crippen molar-refractivity contribution in [2.45, 2.75) is 38.6 Å². The zero-order valence-electron chi connectivity index (χ0n) is 9.58. The first-order valence-corrected chi connectivity index (χ1v) is 5.84. The van der Waals surface area contributed by atoms with Gasteiger partial charge in [-0.3, -0.25) is 0 Å². The van der Waals surface area contributed by atoms with Crippen molar-refractivity contribution in [2.24, 2.45) is 11.7 Å². The highest BCUT2D eigenvalue weighted by atomic mass is 15.1. The Morgan fingerprint density at radius 1 is 1.36 bits per heavy atom. The predicted octanol–water partition coefficient (Wildman–Crippen LogP) is 2.01. The zero-order valence-corrected chi connectivity index (χ0v) is 9.58. The van der Waals surface area contributed by atoms with Crippen molar-refractivity contribution in [3.8, 4) is 0 Å². The SMILES string of the molecule is CCCCCN(C)CC1C=CC(N)C1. The van der Waals surface area contributed by atoms with Crippen LogP contribution in [0.15, 0.2) is 12.2 Å². The van der Waals surface area contributed by atoms with Crippen molar-refractivity contribution < 1.29 is 0 Å². The van der Waals surface area contributed by atoms with Crippen LogP contribution in [0, 0.1) is 5.92 Å². The van der Waals surface area contributed by atoms with E-state index in [1.165, 1.54) is 32.4 Å². The molecule has 1 rings (SSSR count). The molecule has 0 heterocycles. The van der Waals surface area contributed by atoms with Crippen LogP contribution in [0.3, 0.4) is 0 Å². The van der Waals surface area contributed by atoms with E-state index in [-0.39, 0.29) is 0 Å². The van der Waals surface area contributed by atoms with Gasteiger partial charge in [0.2, 0.25) is 0 Å². The second-order valence-electron chi connectivity index (χ2n) is 4.51. The summed E-state index contributed by atoms with van der Waals surface area (Å²) in [6.45, 7) is 4.65. The summed E-state index contributed by atoms with van der Waals surface area (Å²) in [4.78, 5) is 2.43. The van der Waals surface area contributed by atoms with Crippen LogP contribution in [0.1, 0.15) is 32.6 Å². The number of hydrogen-bond acceptors (Lipinski definition) is 2. The van der Waals surface area contributed by atoms with Crippen molar-refractivity contribution in [2.75, 3.05) is 20.1 Å². The van der Waals surface area contributed by atoms with E-state index in [2.05, 4.69) is 31.0 Å². The van der Waals surface area contributed by atoms with Crippen LogP contribution in [0.25, 0.3) is 0 Å². The summed E-state index contributed by atoms with van der Waals surface area (Å²) in [6.07, 6.45) is 9.55. The molecule has 0 aromatic heterocycles. The minimum absolute atomic E-state index is 0.309. The lowest BCUT2D eigenvalue weighted by Crippen LogP contribution is -2.27. The second kappa shape index (κ2) is 6.20. The molecule has 2 N–H and O–H groups in total. The maximum absolute atomic E-state index is 5.82. The van der Waals surface area contributed by atoms with Gasteiger partial charge < -0.3 is 10.6 Å². The van der Waals surface area contributed by atoms with Crippen LogP contribution in [0.5, 0.6) is 0 Å². The van der Waals surface area contributed by atoms with Crippen molar-refractivity contribution >= 4 is 0 Å². The standard InChI is InChI=1S/C12H24N2/c1-3-4-5-8-14(2)10-11-6-7-12(13)9-11/h6-7,11-12H,3-5,8-10,13H2,1-2H3. The molecular formula is C12H24N2. The monoisotopic (exact) mass is 196 g/mol. The molecule has 0 amide bonds. The predicted molar refractivity (Wildman–Crippen MR) is 62.2 cm³/mol. The number of nitrogens with zero attached hydrogens (tertiary/aromatic N) is 1. The van der Waals surface area contributed by atoms with Crippen LogP contribution in [0.2, 0.25) is 0 Å². The van der Waals surface area contributed by atoms with E-state index in [0.717, 1.165) is 6.42 Å². The molecule has 1 aliphatic carbocycles. The fraction of sp³-hybridized carbons (Fsp3) is 0.833. The van der Waals surface area contributed by atoms with Gasteiger partial charge in [0.15, 0.2) is 0 Å². The van der Waals surface area contributed by atoms with Crippen LogP contribution in [-0.2, 0) is 0 Å². The van der Waals surface area contributed by atoms with Gasteiger partial charge in [-0.25, -0.2) is 0 Å². The molecule has 0 fully saturated rings. The zero-order chi connectivity index (χ0) is 10.4. The number of hydrogen-bond donors (Lipinski definition) is 1. The quantitative estimate of drug-likeness (QED) is 0.520. The number of rotatable bonds is 6. The van der Waals surface area contributed by atoms with E-state index in [1.54, 1.807) is 0 Å². The molecule has 2 atom stereocenters. The Kier molecular flexibility index (Phi) is 5.20. The Hall–Kier alpha value is -0.340. The van der Waals surface area contributed by atoms with Crippen molar-refractivity contribution in [1.82, 2.24) is 4.90 Å². The van der Waals surface area contributed by atoms with Crippen molar-refractivity contribution in [3.63, 3.8) is 0 Å². The van der Waals surface area contributed by atoms with Crippen LogP contribution < -0.4 is 5.73 Å². The molecule has 0 saturated carbocycles. The van der Waals surface area contributed by atoms with E-state index < -0.39 is 0 Å². The Morgan fingerprint density at radius 2 is 2.14 bits per heavy atom. The third-order valence-corrected chi connectivity index (χ3v) is 2.89. The highest BCUT2D eigenvalue weighted by Gasteiger charge is 2.16. The molecule has 0 aliphatic heterocycles. The van der Waals surface area contributed by atoms with Gasteiger partial charge in [0.1, 0.15) is 0 Å². The van der Waals surface area contributed by atoms with Gasteiger partial charge in [0.25, 0.3) is 0 Å². The Bertz CT molecular complexity index is 177. The van der Waals surface area contributed by atoms with Gasteiger partial charge in [0, 0.05) is 12.6 Å². The number of unbranched alkanes of at least 4 members (excludes halogenated alkanes) is 2. The minimum atomic E-state index is 0.309.